The normalized spacial score (nSPS) is 11.7. The summed E-state index contributed by atoms with van der Waals surface area (Å²) in [6.07, 6.45) is 2.51. The number of carbonyl (C=O) groups excluding carboxylic acids is 2. The zero-order valence-corrected chi connectivity index (χ0v) is 10.1. The van der Waals surface area contributed by atoms with Crippen molar-refractivity contribution in [2.75, 3.05) is 0 Å². The van der Waals surface area contributed by atoms with Crippen molar-refractivity contribution < 1.29 is 19.5 Å². The molecule has 6 N–H and O–H groups in total. The number of hydrogen-bond donors (Lipinski definition) is 4. The number of hydrazine groups is 1. The van der Waals surface area contributed by atoms with Crippen LogP contribution in [0.5, 0.6) is 0 Å². The van der Waals surface area contributed by atoms with E-state index in [1.165, 1.54) is 12.2 Å². The van der Waals surface area contributed by atoms with Gasteiger partial charge in [-0.2, -0.15) is 0 Å². The van der Waals surface area contributed by atoms with Crippen molar-refractivity contribution in [2.45, 2.75) is 6.42 Å². The maximum absolute atomic E-state index is 10.2. The number of nitrogens with two attached hydrogens (primary N) is 2. The fourth-order valence-electron chi connectivity index (χ4n) is 1.13. The molecule has 0 aliphatic carbocycles. The van der Waals surface area contributed by atoms with E-state index in [4.69, 9.17) is 5.11 Å². The van der Waals surface area contributed by atoms with Crippen molar-refractivity contribution in [1.29, 1.82) is 0 Å². The Labute approximate surface area is 109 Å². The molecule has 1 heterocycles. The lowest BCUT2D eigenvalue weighted by molar-refractivity contribution is -0.136. The largest absolute Gasteiger partial charge is 0.481 e. The lowest BCUT2D eigenvalue weighted by Crippen LogP contribution is -2.19. The molecule has 2 rings (SSSR count). The molecule has 0 fully saturated rings. The minimum absolute atomic E-state index is 0.112. The van der Waals surface area contributed by atoms with Gasteiger partial charge >= 0.3 is 5.97 Å². The Kier molecular flexibility index (Phi) is 8.26. The first-order valence-electron chi connectivity index (χ1n) is 5.20. The smallest absolute Gasteiger partial charge is 0.307 e. The van der Waals surface area contributed by atoms with Crippen molar-refractivity contribution in [1.82, 2.24) is 5.32 Å². The molecule has 7 heteroatoms. The number of carboxylic acids is 1. The van der Waals surface area contributed by atoms with Crippen LogP contribution in [0.3, 0.4) is 0 Å². The SMILES string of the molecule is NN.O=C(O)Cc1ccccc1.O=C1C=CC(=O)N1. The van der Waals surface area contributed by atoms with Crippen molar-refractivity contribution in [3.63, 3.8) is 0 Å². The number of hydrogen-bond acceptors (Lipinski definition) is 5. The third-order valence-electron chi connectivity index (χ3n) is 1.83. The number of aliphatic carboxylic acids is 1. The summed E-state index contributed by atoms with van der Waals surface area (Å²) < 4.78 is 0. The topological polar surface area (TPSA) is 136 Å². The number of carbonyl (C=O) groups is 3. The van der Waals surface area contributed by atoms with Gasteiger partial charge < -0.3 is 5.11 Å². The molecule has 0 bridgehead atoms. The Morgan fingerprint density at radius 3 is 1.84 bits per heavy atom. The van der Waals surface area contributed by atoms with Crippen LogP contribution in [0.2, 0.25) is 0 Å². The highest BCUT2D eigenvalue weighted by atomic mass is 16.4. The highest BCUT2D eigenvalue weighted by Gasteiger charge is 2.06. The van der Waals surface area contributed by atoms with Crippen LogP contribution in [-0.2, 0) is 20.8 Å². The van der Waals surface area contributed by atoms with Gasteiger partial charge in [-0.25, -0.2) is 0 Å². The molecule has 1 aromatic rings. The minimum atomic E-state index is -0.786. The van der Waals surface area contributed by atoms with Gasteiger partial charge in [0.2, 0.25) is 0 Å². The summed E-state index contributed by atoms with van der Waals surface area (Å²) in [7, 11) is 0. The summed E-state index contributed by atoms with van der Waals surface area (Å²) in [5.41, 5.74) is 0.843. The predicted molar refractivity (Wildman–Crippen MR) is 68.4 cm³/mol. The summed E-state index contributed by atoms with van der Waals surface area (Å²) in [5, 5.41) is 10.4. The Bertz CT molecular complexity index is 441. The number of rotatable bonds is 2. The van der Waals surface area contributed by atoms with Gasteiger partial charge in [0.25, 0.3) is 11.8 Å². The molecule has 0 saturated heterocycles. The van der Waals surface area contributed by atoms with E-state index < -0.39 is 5.97 Å². The molecule has 1 aliphatic rings. The Balaban J connectivity index is 0.000000316. The first-order chi connectivity index (χ1) is 9.08. The first-order valence-corrected chi connectivity index (χ1v) is 5.20. The van der Waals surface area contributed by atoms with E-state index in [-0.39, 0.29) is 18.2 Å². The lowest BCUT2D eigenvalue weighted by atomic mass is 10.2. The van der Waals surface area contributed by atoms with E-state index in [0.717, 1.165) is 5.56 Å². The summed E-state index contributed by atoms with van der Waals surface area (Å²) in [4.78, 5) is 30.2. The average Bonchev–Trinajstić information content (AvgIpc) is 2.77. The standard InChI is InChI=1S/C8H8O2.C4H3NO2.H4N2/c9-8(10)6-7-4-2-1-3-5-7;6-3-1-2-4(7)5-3;1-2/h1-5H,6H2,(H,9,10);1-2H,(H,5,6,7);1-2H2. The Morgan fingerprint density at radius 1 is 1.05 bits per heavy atom. The van der Waals surface area contributed by atoms with Crippen LogP contribution in [0.25, 0.3) is 0 Å². The molecular formula is C12H15N3O4. The zero-order chi connectivity index (χ0) is 14.7. The van der Waals surface area contributed by atoms with E-state index in [0.29, 0.717) is 0 Å². The number of carboxylic acid groups (broad SMARTS) is 1. The van der Waals surface area contributed by atoms with Crippen LogP contribution in [0.15, 0.2) is 42.5 Å². The number of amides is 2. The van der Waals surface area contributed by atoms with E-state index >= 15 is 0 Å². The quantitative estimate of drug-likeness (QED) is 0.318. The second-order valence-electron chi connectivity index (χ2n) is 3.24. The predicted octanol–water partition coefficient (Wildman–Crippen LogP) is -0.668. The van der Waals surface area contributed by atoms with Gasteiger partial charge in [-0.3, -0.25) is 31.4 Å². The van der Waals surface area contributed by atoms with E-state index in [1.54, 1.807) is 12.1 Å². The summed E-state index contributed by atoms with van der Waals surface area (Å²) >= 11 is 0. The van der Waals surface area contributed by atoms with Gasteiger partial charge in [-0.1, -0.05) is 30.3 Å². The van der Waals surface area contributed by atoms with Crippen LogP contribution in [-0.4, -0.2) is 22.9 Å². The molecule has 102 valence electrons. The molecule has 0 unspecified atom stereocenters. The van der Waals surface area contributed by atoms with Gasteiger partial charge in [0.05, 0.1) is 6.42 Å². The van der Waals surface area contributed by atoms with Crippen LogP contribution in [0, 0.1) is 0 Å². The molecule has 19 heavy (non-hydrogen) atoms. The van der Waals surface area contributed by atoms with Crippen molar-refractivity contribution in [3.8, 4) is 0 Å². The van der Waals surface area contributed by atoms with Crippen LogP contribution < -0.4 is 17.0 Å². The van der Waals surface area contributed by atoms with Gasteiger partial charge in [0.1, 0.15) is 0 Å². The van der Waals surface area contributed by atoms with Gasteiger partial charge in [0.15, 0.2) is 0 Å². The molecule has 2 amide bonds. The Morgan fingerprint density at radius 2 is 1.53 bits per heavy atom. The highest BCUT2D eigenvalue weighted by molar-refractivity contribution is 6.12. The number of nitrogens with one attached hydrogen (secondary N) is 1. The molecule has 0 aromatic heterocycles. The average molecular weight is 265 g/mol. The maximum atomic E-state index is 10.2. The summed E-state index contributed by atoms with van der Waals surface area (Å²) in [6.45, 7) is 0. The van der Waals surface area contributed by atoms with Crippen molar-refractivity contribution in [2.24, 2.45) is 11.7 Å². The fourth-order valence-corrected chi connectivity index (χ4v) is 1.13. The third-order valence-corrected chi connectivity index (χ3v) is 1.83. The van der Waals surface area contributed by atoms with Gasteiger partial charge in [-0.05, 0) is 5.56 Å². The maximum Gasteiger partial charge on any atom is 0.307 e. The zero-order valence-electron chi connectivity index (χ0n) is 10.1. The van der Waals surface area contributed by atoms with Crippen molar-refractivity contribution in [3.05, 3.63) is 48.0 Å². The fraction of sp³-hybridized carbons (Fsp3) is 0.0833. The number of benzene rings is 1. The number of imide groups is 1. The summed E-state index contributed by atoms with van der Waals surface area (Å²) in [5.74, 6) is 6.56. The van der Waals surface area contributed by atoms with E-state index in [1.807, 2.05) is 23.5 Å². The summed E-state index contributed by atoms with van der Waals surface area (Å²) in [6, 6.07) is 9.13. The van der Waals surface area contributed by atoms with Crippen LogP contribution >= 0.6 is 0 Å². The van der Waals surface area contributed by atoms with E-state index in [9.17, 15) is 14.4 Å². The highest BCUT2D eigenvalue weighted by Crippen LogP contribution is 1.98. The molecule has 0 saturated carbocycles. The molecule has 7 nitrogen and oxygen atoms in total. The molecule has 1 aromatic carbocycles. The van der Waals surface area contributed by atoms with Gasteiger partial charge in [-0.15, -0.1) is 0 Å². The molecule has 1 aliphatic heterocycles. The second-order valence-corrected chi connectivity index (χ2v) is 3.24. The Hall–Kier alpha value is -2.51. The molecular weight excluding hydrogens is 250 g/mol. The van der Waals surface area contributed by atoms with Crippen LogP contribution in [0.4, 0.5) is 0 Å². The van der Waals surface area contributed by atoms with E-state index in [2.05, 4.69) is 11.7 Å². The van der Waals surface area contributed by atoms with Crippen molar-refractivity contribution >= 4 is 17.8 Å². The molecule has 0 spiro atoms. The second kappa shape index (κ2) is 9.51. The first kappa shape index (κ1) is 16.5. The third kappa shape index (κ3) is 8.25. The van der Waals surface area contributed by atoms with Gasteiger partial charge in [0, 0.05) is 12.2 Å². The van der Waals surface area contributed by atoms with Crippen LogP contribution in [0.1, 0.15) is 5.56 Å². The molecule has 0 atom stereocenters. The molecule has 0 radical (unpaired) electrons. The lowest BCUT2D eigenvalue weighted by Gasteiger charge is -1.92. The monoisotopic (exact) mass is 265 g/mol. The minimum Gasteiger partial charge on any atom is -0.481 e.